The van der Waals surface area contributed by atoms with Crippen molar-refractivity contribution in [2.24, 2.45) is 0 Å². The van der Waals surface area contributed by atoms with Gasteiger partial charge in [-0.05, 0) is 26.0 Å². The Kier molecular flexibility index (Phi) is 3.50. The molecule has 6 heteroatoms. The summed E-state index contributed by atoms with van der Waals surface area (Å²) < 4.78 is 15.2. The number of carbonyl (C=O) groups excluding carboxylic acids is 1. The van der Waals surface area contributed by atoms with Gasteiger partial charge in [-0.1, -0.05) is 0 Å². The highest BCUT2D eigenvalue weighted by Crippen LogP contribution is 2.18. The van der Waals surface area contributed by atoms with E-state index in [1.54, 1.807) is 16.9 Å². The lowest BCUT2D eigenvalue weighted by atomic mass is 10.2. The second kappa shape index (κ2) is 5.09. The van der Waals surface area contributed by atoms with Gasteiger partial charge in [-0.2, -0.15) is 5.10 Å². The number of nitrogens with one attached hydrogen (secondary N) is 1. The van der Waals surface area contributed by atoms with Crippen molar-refractivity contribution >= 4 is 11.7 Å². The predicted molar refractivity (Wildman–Crippen MR) is 68.6 cm³/mol. The summed E-state index contributed by atoms with van der Waals surface area (Å²) >= 11 is 0. The first-order valence-electron chi connectivity index (χ1n) is 5.82. The van der Waals surface area contributed by atoms with Gasteiger partial charge in [0.1, 0.15) is 17.4 Å². The molecule has 5 nitrogen and oxygen atoms in total. The zero-order valence-electron chi connectivity index (χ0n) is 10.6. The van der Waals surface area contributed by atoms with Crippen molar-refractivity contribution in [2.45, 2.75) is 19.9 Å². The lowest BCUT2D eigenvalue weighted by Gasteiger charge is -2.12. The van der Waals surface area contributed by atoms with Crippen LogP contribution in [-0.2, 0) is 0 Å². The molecule has 0 atom stereocenters. The number of benzene rings is 1. The van der Waals surface area contributed by atoms with Gasteiger partial charge in [-0.25, -0.2) is 9.07 Å². The van der Waals surface area contributed by atoms with Gasteiger partial charge in [-0.3, -0.25) is 4.79 Å². The summed E-state index contributed by atoms with van der Waals surface area (Å²) in [7, 11) is 0. The Bertz CT molecular complexity index is 608. The number of aromatic hydroxyl groups is 1. The topological polar surface area (TPSA) is 67.2 Å². The van der Waals surface area contributed by atoms with E-state index in [-0.39, 0.29) is 17.4 Å². The number of halogens is 1. The van der Waals surface area contributed by atoms with Gasteiger partial charge >= 0.3 is 0 Å². The van der Waals surface area contributed by atoms with E-state index in [4.69, 9.17) is 5.11 Å². The van der Waals surface area contributed by atoms with Gasteiger partial charge in [0.15, 0.2) is 0 Å². The quantitative estimate of drug-likeness (QED) is 0.894. The normalized spacial score (nSPS) is 10.7. The van der Waals surface area contributed by atoms with Crippen molar-refractivity contribution in [3.63, 3.8) is 0 Å². The molecule has 0 saturated carbocycles. The smallest absolute Gasteiger partial charge is 0.259 e. The molecule has 0 fully saturated rings. The fourth-order valence-corrected chi connectivity index (χ4v) is 1.70. The highest BCUT2D eigenvalue weighted by Gasteiger charge is 2.15. The van der Waals surface area contributed by atoms with E-state index in [1.807, 2.05) is 13.8 Å². The SMILES string of the molecule is CC(C)n1nccc1NC(=O)c1ccc(O)cc1F. The molecule has 1 aromatic carbocycles. The molecule has 0 aliphatic heterocycles. The van der Waals surface area contributed by atoms with E-state index in [2.05, 4.69) is 10.4 Å². The van der Waals surface area contributed by atoms with E-state index in [9.17, 15) is 9.18 Å². The molecule has 0 unspecified atom stereocenters. The summed E-state index contributed by atoms with van der Waals surface area (Å²) in [6.45, 7) is 3.84. The summed E-state index contributed by atoms with van der Waals surface area (Å²) in [6.07, 6.45) is 1.56. The minimum Gasteiger partial charge on any atom is -0.508 e. The van der Waals surface area contributed by atoms with Crippen LogP contribution in [0.25, 0.3) is 0 Å². The molecule has 2 aromatic rings. The van der Waals surface area contributed by atoms with Gasteiger partial charge < -0.3 is 10.4 Å². The van der Waals surface area contributed by atoms with Gasteiger partial charge in [0, 0.05) is 18.2 Å². The maximum absolute atomic E-state index is 13.5. The second-order valence-electron chi connectivity index (χ2n) is 4.37. The summed E-state index contributed by atoms with van der Waals surface area (Å²) in [6, 6.07) is 5.11. The number of hydrogen-bond donors (Lipinski definition) is 2. The molecule has 0 bridgehead atoms. The van der Waals surface area contributed by atoms with Crippen LogP contribution in [0, 0.1) is 5.82 Å². The Hall–Kier alpha value is -2.37. The Labute approximate surface area is 109 Å². The molecular weight excluding hydrogens is 249 g/mol. The van der Waals surface area contributed by atoms with E-state index >= 15 is 0 Å². The number of hydrogen-bond acceptors (Lipinski definition) is 3. The molecule has 100 valence electrons. The van der Waals surface area contributed by atoms with Crippen molar-refractivity contribution in [3.8, 4) is 5.75 Å². The number of rotatable bonds is 3. The van der Waals surface area contributed by atoms with Gasteiger partial charge in [0.05, 0.1) is 11.8 Å². The molecule has 1 amide bonds. The Morgan fingerprint density at radius 1 is 1.42 bits per heavy atom. The third-order valence-corrected chi connectivity index (χ3v) is 2.60. The summed E-state index contributed by atoms with van der Waals surface area (Å²) in [4.78, 5) is 11.9. The fraction of sp³-hybridized carbons (Fsp3) is 0.231. The molecule has 0 radical (unpaired) electrons. The zero-order chi connectivity index (χ0) is 14.0. The van der Waals surface area contributed by atoms with Crippen molar-refractivity contribution in [1.29, 1.82) is 0 Å². The number of nitrogens with zero attached hydrogens (tertiary/aromatic N) is 2. The first-order chi connectivity index (χ1) is 8.99. The van der Waals surface area contributed by atoms with Gasteiger partial charge in [0.2, 0.25) is 0 Å². The van der Waals surface area contributed by atoms with Crippen LogP contribution in [0.1, 0.15) is 30.2 Å². The maximum atomic E-state index is 13.5. The summed E-state index contributed by atoms with van der Waals surface area (Å²) in [5.74, 6) is -1.08. The highest BCUT2D eigenvalue weighted by molar-refractivity contribution is 6.04. The van der Waals surface area contributed by atoms with Crippen LogP contribution in [0.3, 0.4) is 0 Å². The van der Waals surface area contributed by atoms with Crippen LogP contribution in [0.4, 0.5) is 10.2 Å². The van der Waals surface area contributed by atoms with Crippen LogP contribution in [0.5, 0.6) is 5.75 Å². The molecule has 19 heavy (non-hydrogen) atoms. The van der Waals surface area contributed by atoms with Crippen LogP contribution in [0.15, 0.2) is 30.5 Å². The van der Waals surface area contributed by atoms with Gasteiger partial charge in [0.25, 0.3) is 5.91 Å². The second-order valence-corrected chi connectivity index (χ2v) is 4.37. The number of phenolic OH excluding ortho intramolecular Hbond substituents is 1. The molecule has 0 saturated heterocycles. The Morgan fingerprint density at radius 2 is 2.16 bits per heavy atom. The predicted octanol–water partition coefficient (Wildman–Crippen LogP) is 2.56. The maximum Gasteiger partial charge on any atom is 0.259 e. The largest absolute Gasteiger partial charge is 0.508 e. The van der Waals surface area contributed by atoms with Crippen molar-refractivity contribution in [3.05, 3.63) is 41.8 Å². The minimum atomic E-state index is -0.770. The van der Waals surface area contributed by atoms with Crippen LogP contribution in [0.2, 0.25) is 0 Å². The Morgan fingerprint density at radius 3 is 2.79 bits per heavy atom. The number of anilines is 1. The van der Waals surface area contributed by atoms with Crippen molar-refractivity contribution < 1.29 is 14.3 Å². The molecular formula is C13H14FN3O2. The molecule has 2 N–H and O–H groups in total. The number of amides is 1. The number of phenols is 1. The first kappa shape index (κ1) is 13.1. The monoisotopic (exact) mass is 263 g/mol. The lowest BCUT2D eigenvalue weighted by molar-refractivity contribution is 0.102. The van der Waals surface area contributed by atoms with E-state index in [1.165, 1.54) is 12.1 Å². The molecule has 0 aliphatic rings. The molecule has 2 rings (SSSR count). The number of aromatic nitrogens is 2. The average Bonchev–Trinajstić information content (AvgIpc) is 2.76. The zero-order valence-corrected chi connectivity index (χ0v) is 10.6. The van der Waals surface area contributed by atoms with E-state index < -0.39 is 11.7 Å². The van der Waals surface area contributed by atoms with Crippen LogP contribution in [-0.4, -0.2) is 20.8 Å². The summed E-state index contributed by atoms with van der Waals surface area (Å²) in [5, 5.41) is 15.8. The molecule has 0 aliphatic carbocycles. The van der Waals surface area contributed by atoms with Crippen LogP contribution < -0.4 is 5.32 Å². The first-order valence-corrected chi connectivity index (χ1v) is 5.82. The van der Waals surface area contributed by atoms with Crippen molar-refractivity contribution in [2.75, 3.05) is 5.32 Å². The van der Waals surface area contributed by atoms with E-state index in [0.717, 1.165) is 6.07 Å². The average molecular weight is 263 g/mol. The fourth-order valence-electron chi connectivity index (χ4n) is 1.70. The Balaban J connectivity index is 2.23. The van der Waals surface area contributed by atoms with E-state index in [0.29, 0.717) is 5.82 Å². The highest BCUT2D eigenvalue weighted by atomic mass is 19.1. The third kappa shape index (κ3) is 2.73. The summed E-state index contributed by atoms with van der Waals surface area (Å²) in [5.41, 5.74) is -0.130. The molecule has 1 heterocycles. The standard InChI is InChI=1S/C13H14FN3O2/c1-8(2)17-12(5-6-15-17)16-13(19)10-4-3-9(18)7-11(10)14/h3-8,18H,1-2H3,(H,16,19). The molecule has 0 spiro atoms. The van der Waals surface area contributed by atoms with Crippen molar-refractivity contribution in [1.82, 2.24) is 9.78 Å². The number of carbonyl (C=O) groups is 1. The third-order valence-electron chi connectivity index (χ3n) is 2.60. The van der Waals surface area contributed by atoms with Gasteiger partial charge in [-0.15, -0.1) is 0 Å². The van der Waals surface area contributed by atoms with Crippen LogP contribution >= 0.6 is 0 Å². The lowest BCUT2D eigenvalue weighted by Crippen LogP contribution is -2.17. The minimum absolute atomic E-state index is 0.0787. The molecule has 1 aromatic heterocycles.